The van der Waals surface area contributed by atoms with E-state index in [2.05, 4.69) is 29.6 Å². The number of amides is 1. The largest absolute Gasteiger partial charge is 0.335 e. The van der Waals surface area contributed by atoms with Crippen LogP contribution in [-0.2, 0) is 4.79 Å². The van der Waals surface area contributed by atoms with Gasteiger partial charge in [0.2, 0.25) is 5.91 Å². The van der Waals surface area contributed by atoms with Crippen molar-refractivity contribution < 1.29 is 4.79 Å². The maximum absolute atomic E-state index is 12.2. The highest BCUT2D eigenvalue weighted by Crippen LogP contribution is 2.31. The number of carbonyl (C=O) groups is 1. The van der Waals surface area contributed by atoms with Crippen molar-refractivity contribution in [3.05, 3.63) is 35.9 Å². The lowest BCUT2D eigenvalue weighted by Gasteiger charge is -2.25. The van der Waals surface area contributed by atoms with E-state index >= 15 is 0 Å². The number of benzene rings is 1. The molecule has 3 heteroatoms. The topological polar surface area (TPSA) is 32.3 Å². The molecule has 1 atom stereocenters. The zero-order valence-corrected chi connectivity index (χ0v) is 10.6. The third kappa shape index (κ3) is 2.56. The second-order valence-electron chi connectivity index (χ2n) is 5.31. The van der Waals surface area contributed by atoms with Crippen LogP contribution in [0.3, 0.4) is 0 Å². The van der Waals surface area contributed by atoms with E-state index in [4.69, 9.17) is 0 Å². The molecule has 18 heavy (non-hydrogen) atoms. The van der Waals surface area contributed by atoms with Gasteiger partial charge in [-0.25, -0.2) is 0 Å². The zero-order chi connectivity index (χ0) is 12.4. The van der Waals surface area contributed by atoms with Crippen molar-refractivity contribution >= 4 is 5.91 Å². The van der Waals surface area contributed by atoms with Gasteiger partial charge in [-0.15, -0.1) is 0 Å². The van der Waals surface area contributed by atoms with Crippen LogP contribution < -0.4 is 5.32 Å². The lowest BCUT2D eigenvalue weighted by Crippen LogP contribution is -2.38. The SMILES string of the molecule is O=C(CNC1CC1)N1CCCC1c1ccccc1. The van der Waals surface area contributed by atoms with E-state index in [-0.39, 0.29) is 5.91 Å². The van der Waals surface area contributed by atoms with Crippen molar-refractivity contribution in [1.29, 1.82) is 0 Å². The van der Waals surface area contributed by atoms with E-state index in [1.807, 2.05) is 11.0 Å². The van der Waals surface area contributed by atoms with Crippen molar-refractivity contribution in [3.8, 4) is 0 Å². The summed E-state index contributed by atoms with van der Waals surface area (Å²) in [6, 6.07) is 11.3. The molecule has 1 aliphatic carbocycles. The monoisotopic (exact) mass is 244 g/mol. The van der Waals surface area contributed by atoms with E-state index in [9.17, 15) is 4.79 Å². The average molecular weight is 244 g/mol. The van der Waals surface area contributed by atoms with E-state index < -0.39 is 0 Å². The van der Waals surface area contributed by atoms with Crippen molar-refractivity contribution in [1.82, 2.24) is 10.2 Å². The summed E-state index contributed by atoms with van der Waals surface area (Å²) < 4.78 is 0. The molecule has 1 unspecified atom stereocenters. The Balaban J connectivity index is 1.64. The fraction of sp³-hybridized carbons (Fsp3) is 0.533. The number of rotatable bonds is 4. The smallest absolute Gasteiger partial charge is 0.237 e. The summed E-state index contributed by atoms with van der Waals surface area (Å²) in [7, 11) is 0. The molecular formula is C15H20N2O. The predicted molar refractivity (Wildman–Crippen MR) is 71.2 cm³/mol. The molecule has 3 rings (SSSR count). The van der Waals surface area contributed by atoms with Crippen molar-refractivity contribution in [2.75, 3.05) is 13.1 Å². The summed E-state index contributed by atoms with van der Waals surface area (Å²) in [6.45, 7) is 1.42. The molecule has 1 saturated carbocycles. The first-order valence-electron chi connectivity index (χ1n) is 6.92. The van der Waals surface area contributed by atoms with Crippen molar-refractivity contribution in [2.45, 2.75) is 37.8 Å². The van der Waals surface area contributed by atoms with Crippen LogP contribution in [0.15, 0.2) is 30.3 Å². The lowest BCUT2D eigenvalue weighted by atomic mass is 10.0. The molecule has 96 valence electrons. The quantitative estimate of drug-likeness (QED) is 0.879. The van der Waals surface area contributed by atoms with Gasteiger partial charge in [0.15, 0.2) is 0 Å². The Morgan fingerprint density at radius 1 is 1.22 bits per heavy atom. The first-order valence-corrected chi connectivity index (χ1v) is 6.92. The van der Waals surface area contributed by atoms with Gasteiger partial charge in [0.05, 0.1) is 12.6 Å². The summed E-state index contributed by atoms with van der Waals surface area (Å²) >= 11 is 0. The molecule has 0 aromatic heterocycles. The molecule has 1 heterocycles. The maximum Gasteiger partial charge on any atom is 0.237 e. The van der Waals surface area contributed by atoms with Crippen LogP contribution >= 0.6 is 0 Å². The Kier molecular flexibility index (Phi) is 3.33. The summed E-state index contributed by atoms with van der Waals surface area (Å²) in [5.41, 5.74) is 1.27. The minimum Gasteiger partial charge on any atom is -0.335 e. The second kappa shape index (κ2) is 5.11. The molecular weight excluding hydrogens is 224 g/mol. The second-order valence-corrected chi connectivity index (χ2v) is 5.31. The number of carbonyl (C=O) groups excluding carboxylic acids is 1. The van der Waals surface area contributed by atoms with Crippen LogP contribution in [0.1, 0.15) is 37.3 Å². The van der Waals surface area contributed by atoms with Crippen LogP contribution in [0.5, 0.6) is 0 Å². The molecule has 0 bridgehead atoms. The molecule has 1 saturated heterocycles. The van der Waals surface area contributed by atoms with Gasteiger partial charge in [0.25, 0.3) is 0 Å². The summed E-state index contributed by atoms with van der Waals surface area (Å²) in [5.74, 6) is 0.258. The number of nitrogens with one attached hydrogen (secondary N) is 1. The predicted octanol–water partition coefficient (Wildman–Crippen LogP) is 2.10. The van der Waals surface area contributed by atoms with Crippen LogP contribution in [0.2, 0.25) is 0 Å². The number of hydrogen-bond donors (Lipinski definition) is 1. The third-order valence-electron chi connectivity index (χ3n) is 3.88. The van der Waals surface area contributed by atoms with Gasteiger partial charge >= 0.3 is 0 Å². The van der Waals surface area contributed by atoms with Gasteiger partial charge in [-0.2, -0.15) is 0 Å². The Morgan fingerprint density at radius 2 is 2.00 bits per heavy atom. The maximum atomic E-state index is 12.2. The van der Waals surface area contributed by atoms with Crippen LogP contribution in [0.25, 0.3) is 0 Å². The fourth-order valence-corrected chi connectivity index (χ4v) is 2.71. The third-order valence-corrected chi connectivity index (χ3v) is 3.88. The van der Waals surface area contributed by atoms with E-state index in [0.717, 1.165) is 19.4 Å². The first kappa shape index (κ1) is 11.7. The van der Waals surface area contributed by atoms with Crippen molar-refractivity contribution in [2.24, 2.45) is 0 Å². The van der Waals surface area contributed by atoms with Gasteiger partial charge in [0, 0.05) is 12.6 Å². The average Bonchev–Trinajstić information content (AvgIpc) is 3.11. The van der Waals surface area contributed by atoms with E-state index in [1.165, 1.54) is 18.4 Å². The minimum absolute atomic E-state index is 0.258. The van der Waals surface area contributed by atoms with Gasteiger partial charge in [-0.05, 0) is 31.2 Å². The summed E-state index contributed by atoms with van der Waals surface area (Å²) in [4.78, 5) is 14.3. The van der Waals surface area contributed by atoms with Crippen molar-refractivity contribution in [3.63, 3.8) is 0 Å². The molecule has 1 aliphatic heterocycles. The Labute approximate surface area is 108 Å². The standard InChI is InChI=1S/C15H20N2O/c18-15(11-16-13-8-9-13)17-10-4-7-14(17)12-5-2-1-3-6-12/h1-3,5-6,13-14,16H,4,7-11H2. The normalized spacial score (nSPS) is 23.3. The molecule has 1 aromatic carbocycles. The van der Waals surface area contributed by atoms with Crippen LogP contribution in [0.4, 0.5) is 0 Å². The highest BCUT2D eigenvalue weighted by molar-refractivity contribution is 5.79. The molecule has 0 spiro atoms. The summed E-state index contributed by atoms with van der Waals surface area (Å²) in [6.07, 6.45) is 4.68. The van der Waals surface area contributed by atoms with Crippen LogP contribution in [-0.4, -0.2) is 29.9 Å². The van der Waals surface area contributed by atoms with Gasteiger partial charge in [0.1, 0.15) is 0 Å². The minimum atomic E-state index is 0.258. The number of nitrogens with zero attached hydrogens (tertiary/aromatic N) is 1. The van der Waals surface area contributed by atoms with Gasteiger partial charge < -0.3 is 10.2 Å². The molecule has 2 fully saturated rings. The highest BCUT2D eigenvalue weighted by Gasteiger charge is 2.30. The highest BCUT2D eigenvalue weighted by atomic mass is 16.2. The van der Waals surface area contributed by atoms with Gasteiger partial charge in [-0.1, -0.05) is 30.3 Å². The molecule has 1 aromatic rings. The first-order chi connectivity index (χ1) is 8.84. The number of hydrogen-bond acceptors (Lipinski definition) is 2. The molecule has 1 N–H and O–H groups in total. The van der Waals surface area contributed by atoms with E-state index in [0.29, 0.717) is 18.6 Å². The lowest BCUT2D eigenvalue weighted by molar-refractivity contribution is -0.131. The Morgan fingerprint density at radius 3 is 2.72 bits per heavy atom. The van der Waals surface area contributed by atoms with Gasteiger partial charge in [-0.3, -0.25) is 4.79 Å². The summed E-state index contributed by atoms with van der Waals surface area (Å²) in [5, 5.41) is 3.31. The Hall–Kier alpha value is -1.35. The van der Waals surface area contributed by atoms with Crippen LogP contribution in [0, 0.1) is 0 Å². The van der Waals surface area contributed by atoms with E-state index in [1.54, 1.807) is 0 Å². The molecule has 0 radical (unpaired) electrons. The zero-order valence-electron chi connectivity index (χ0n) is 10.6. The fourth-order valence-electron chi connectivity index (χ4n) is 2.71. The number of likely N-dealkylation sites (tertiary alicyclic amines) is 1. The molecule has 3 nitrogen and oxygen atoms in total. The Bertz CT molecular complexity index is 414. The molecule has 2 aliphatic rings. The molecule has 1 amide bonds.